The fourth-order valence-corrected chi connectivity index (χ4v) is 2.15. The zero-order valence-electron chi connectivity index (χ0n) is 9.19. The van der Waals surface area contributed by atoms with Gasteiger partial charge < -0.3 is 5.32 Å². The summed E-state index contributed by atoms with van der Waals surface area (Å²) in [5, 5.41) is 17.0. The number of fused-ring (bicyclic) bond motifs is 1. The van der Waals surface area contributed by atoms with E-state index in [0.717, 1.165) is 28.9 Å². The van der Waals surface area contributed by atoms with Gasteiger partial charge in [0.15, 0.2) is 5.82 Å². The van der Waals surface area contributed by atoms with E-state index < -0.39 is 0 Å². The molecule has 2 aromatic heterocycles. The smallest absolute Gasteiger partial charge is 0.234 e. The van der Waals surface area contributed by atoms with Crippen molar-refractivity contribution >= 4 is 16.3 Å². The highest BCUT2D eigenvalue weighted by Crippen LogP contribution is 2.18. The molecular weight excluding hydrogens is 210 g/mol. The average molecular weight is 225 g/mol. The maximum atomic E-state index is 4.48. The molecule has 2 rings (SSSR count). The van der Waals surface area contributed by atoms with E-state index in [1.165, 1.54) is 0 Å². The van der Waals surface area contributed by atoms with Crippen LogP contribution in [-0.2, 0) is 6.54 Å². The van der Waals surface area contributed by atoms with Gasteiger partial charge in [0.05, 0.1) is 0 Å². The summed E-state index contributed by atoms with van der Waals surface area (Å²) in [6, 6.07) is 0. The van der Waals surface area contributed by atoms with Crippen molar-refractivity contribution in [3.05, 3.63) is 10.8 Å². The van der Waals surface area contributed by atoms with Crippen LogP contribution in [0.4, 0.5) is 0 Å². The van der Waals surface area contributed by atoms with Crippen LogP contribution >= 0.6 is 11.3 Å². The molecule has 0 saturated carbocycles. The van der Waals surface area contributed by atoms with E-state index in [2.05, 4.69) is 41.4 Å². The van der Waals surface area contributed by atoms with Gasteiger partial charge in [-0.15, -0.1) is 10.2 Å². The SMILES string of the molecule is CCNCc1nn2c(C(C)C)nnc2s1. The van der Waals surface area contributed by atoms with Crippen LogP contribution < -0.4 is 5.32 Å². The fourth-order valence-electron chi connectivity index (χ4n) is 1.34. The van der Waals surface area contributed by atoms with Gasteiger partial charge in [-0.25, -0.2) is 0 Å². The van der Waals surface area contributed by atoms with Crippen LogP contribution in [0.15, 0.2) is 0 Å². The van der Waals surface area contributed by atoms with Crippen molar-refractivity contribution in [1.82, 2.24) is 25.1 Å². The summed E-state index contributed by atoms with van der Waals surface area (Å²) in [5.74, 6) is 1.29. The normalized spacial score (nSPS) is 11.7. The molecule has 0 aliphatic heterocycles. The molecule has 0 fully saturated rings. The van der Waals surface area contributed by atoms with Gasteiger partial charge in [0.1, 0.15) is 5.01 Å². The number of rotatable bonds is 4. The third kappa shape index (κ3) is 2.00. The predicted octanol–water partition coefficient (Wildman–Crippen LogP) is 1.42. The first-order valence-corrected chi connectivity index (χ1v) is 5.95. The first-order chi connectivity index (χ1) is 7.22. The highest BCUT2D eigenvalue weighted by molar-refractivity contribution is 7.16. The second-order valence-corrected chi connectivity index (χ2v) is 4.72. The molecule has 0 unspecified atom stereocenters. The third-order valence-electron chi connectivity index (χ3n) is 2.10. The van der Waals surface area contributed by atoms with Crippen molar-refractivity contribution in [3.63, 3.8) is 0 Å². The van der Waals surface area contributed by atoms with Crippen molar-refractivity contribution in [1.29, 1.82) is 0 Å². The average Bonchev–Trinajstić information content (AvgIpc) is 2.72. The lowest BCUT2D eigenvalue weighted by molar-refractivity contribution is 0.684. The van der Waals surface area contributed by atoms with Crippen molar-refractivity contribution < 1.29 is 0 Å². The van der Waals surface area contributed by atoms with Crippen molar-refractivity contribution in [3.8, 4) is 0 Å². The van der Waals surface area contributed by atoms with Crippen molar-refractivity contribution in [2.45, 2.75) is 33.2 Å². The van der Waals surface area contributed by atoms with Crippen LogP contribution in [0.25, 0.3) is 4.96 Å². The van der Waals surface area contributed by atoms with Gasteiger partial charge in [0.25, 0.3) is 0 Å². The molecule has 5 nitrogen and oxygen atoms in total. The summed E-state index contributed by atoms with van der Waals surface area (Å²) in [7, 11) is 0. The van der Waals surface area contributed by atoms with E-state index in [4.69, 9.17) is 0 Å². The van der Waals surface area contributed by atoms with Gasteiger partial charge in [-0.3, -0.25) is 0 Å². The molecule has 0 atom stereocenters. The first-order valence-electron chi connectivity index (χ1n) is 5.14. The Morgan fingerprint density at radius 1 is 1.40 bits per heavy atom. The van der Waals surface area contributed by atoms with Crippen LogP contribution in [0.2, 0.25) is 0 Å². The van der Waals surface area contributed by atoms with Crippen LogP contribution in [0.1, 0.15) is 37.5 Å². The molecular formula is C9H15N5S. The van der Waals surface area contributed by atoms with E-state index >= 15 is 0 Å². The van der Waals surface area contributed by atoms with Crippen LogP contribution in [0.5, 0.6) is 0 Å². The minimum Gasteiger partial charge on any atom is -0.311 e. The fraction of sp³-hybridized carbons (Fsp3) is 0.667. The quantitative estimate of drug-likeness (QED) is 0.855. The second kappa shape index (κ2) is 4.24. The molecule has 6 heteroatoms. The van der Waals surface area contributed by atoms with Gasteiger partial charge >= 0.3 is 0 Å². The Kier molecular flexibility index (Phi) is 2.97. The Bertz CT molecular complexity index is 444. The number of nitrogens with one attached hydrogen (secondary N) is 1. The van der Waals surface area contributed by atoms with Crippen molar-refractivity contribution in [2.24, 2.45) is 0 Å². The van der Waals surface area contributed by atoms with E-state index in [1.54, 1.807) is 11.3 Å². The van der Waals surface area contributed by atoms with Gasteiger partial charge in [-0.05, 0) is 6.54 Å². The van der Waals surface area contributed by atoms with Gasteiger partial charge in [-0.2, -0.15) is 9.61 Å². The molecule has 0 bridgehead atoms. The number of nitrogens with zero attached hydrogens (tertiary/aromatic N) is 4. The number of hydrogen-bond acceptors (Lipinski definition) is 5. The molecule has 0 aromatic carbocycles. The van der Waals surface area contributed by atoms with E-state index in [-0.39, 0.29) is 0 Å². The summed E-state index contributed by atoms with van der Waals surface area (Å²) in [6.07, 6.45) is 0. The van der Waals surface area contributed by atoms with Crippen LogP contribution in [0.3, 0.4) is 0 Å². The number of aromatic nitrogens is 4. The zero-order valence-corrected chi connectivity index (χ0v) is 10.0. The predicted molar refractivity (Wildman–Crippen MR) is 60.1 cm³/mol. The monoisotopic (exact) mass is 225 g/mol. The minimum atomic E-state index is 0.356. The molecule has 2 heterocycles. The summed E-state index contributed by atoms with van der Waals surface area (Å²) >= 11 is 1.59. The highest BCUT2D eigenvalue weighted by Gasteiger charge is 2.13. The maximum absolute atomic E-state index is 4.48. The van der Waals surface area contributed by atoms with Gasteiger partial charge in [0, 0.05) is 12.5 Å². The zero-order chi connectivity index (χ0) is 10.8. The summed E-state index contributed by atoms with van der Waals surface area (Å²) < 4.78 is 1.85. The summed E-state index contributed by atoms with van der Waals surface area (Å²) in [6.45, 7) is 8.04. The maximum Gasteiger partial charge on any atom is 0.234 e. The third-order valence-corrected chi connectivity index (χ3v) is 3.00. The lowest BCUT2D eigenvalue weighted by atomic mass is 10.2. The lowest BCUT2D eigenvalue weighted by Gasteiger charge is -1.98. The molecule has 0 saturated heterocycles. The molecule has 15 heavy (non-hydrogen) atoms. The summed E-state index contributed by atoms with van der Waals surface area (Å²) in [5.41, 5.74) is 0. The molecule has 0 aliphatic rings. The van der Waals surface area contributed by atoms with Gasteiger partial charge in [0.2, 0.25) is 4.96 Å². The largest absolute Gasteiger partial charge is 0.311 e. The van der Waals surface area contributed by atoms with Crippen LogP contribution in [-0.4, -0.2) is 26.4 Å². The summed E-state index contributed by atoms with van der Waals surface area (Å²) in [4.78, 5) is 0.881. The second-order valence-electron chi connectivity index (χ2n) is 3.68. The Labute approximate surface area is 92.5 Å². The number of hydrogen-bond donors (Lipinski definition) is 1. The van der Waals surface area contributed by atoms with E-state index in [1.807, 2.05) is 4.52 Å². The molecule has 82 valence electrons. The molecule has 2 aromatic rings. The topological polar surface area (TPSA) is 55.1 Å². The molecule has 1 N–H and O–H groups in total. The molecule has 0 amide bonds. The molecule has 0 aliphatic carbocycles. The Balaban J connectivity index is 2.30. The first kappa shape index (κ1) is 10.5. The lowest BCUT2D eigenvalue weighted by Crippen LogP contribution is -2.12. The standard InChI is InChI=1S/C9H15N5S/c1-4-10-5-7-13-14-8(6(2)3)11-12-9(14)15-7/h6,10H,4-5H2,1-3H3. The minimum absolute atomic E-state index is 0.356. The van der Waals surface area contributed by atoms with E-state index in [9.17, 15) is 0 Å². The Hall–Kier alpha value is -1.01. The highest BCUT2D eigenvalue weighted by atomic mass is 32.1. The van der Waals surface area contributed by atoms with Gasteiger partial charge in [-0.1, -0.05) is 32.1 Å². The van der Waals surface area contributed by atoms with Crippen LogP contribution in [0, 0.1) is 0 Å². The van der Waals surface area contributed by atoms with Crippen molar-refractivity contribution in [2.75, 3.05) is 6.54 Å². The Morgan fingerprint density at radius 2 is 2.20 bits per heavy atom. The van der Waals surface area contributed by atoms with E-state index in [0.29, 0.717) is 5.92 Å². The molecule has 0 radical (unpaired) electrons. The Morgan fingerprint density at radius 3 is 2.87 bits per heavy atom. The molecule has 0 spiro atoms.